The second kappa shape index (κ2) is 9.93. The van der Waals surface area contributed by atoms with Gasteiger partial charge in [-0.25, -0.2) is 0 Å². The number of carbonyl (C=O) groups is 1. The van der Waals surface area contributed by atoms with Crippen LogP contribution in [0.4, 0.5) is 11.4 Å². The molecule has 7 heteroatoms. The van der Waals surface area contributed by atoms with Gasteiger partial charge in [0.2, 0.25) is 0 Å². The SMILES string of the molecule is O=C(Nc1cccc(N2CCC(NCCc3cnccn3)CC2)c1)c1ccncc1. The van der Waals surface area contributed by atoms with Gasteiger partial charge in [0.15, 0.2) is 0 Å². The van der Waals surface area contributed by atoms with Crippen LogP contribution in [0.1, 0.15) is 28.9 Å². The van der Waals surface area contributed by atoms with E-state index in [1.165, 1.54) is 0 Å². The number of nitrogens with one attached hydrogen (secondary N) is 2. The number of piperidine rings is 1. The molecule has 1 fully saturated rings. The van der Waals surface area contributed by atoms with Gasteiger partial charge in [-0.05, 0) is 43.2 Å². The zero-order valence-corrected chi connectivity index (χ0v) is 16.9. The molecule has 1 amide bonds. The molecule has 2 N–H and O–H groups in total. The number of pyridine rings is 1. The van der Waals surface area contributed by atoms with E-state index >= 15 is 0 Å². The molecule has 0 unspecified atom stereocenters. The lowest BCUT2D eigenvalue weighted by Gasteiger charge is -2.34. The van der Waals surface area contributed by atoms with Crippen LogP contribution < -0.4 is 15.5 Å². The molecular formula is C23H26N6O. The Bertz CT molecular complexity index is 942. The van der Waals surface area contributed by atoms with Gasteiger partial charge in [0, 0.05) is 80.0 Å². The Morgan fingerprint density at radius 3 is 2.63 bits per heavy atom. The van der Waals surface area contributed by atoms with E-state index in [0.717, 1.165) is 56.0 Å². The fraction of sp³-hybridized carbons (Fsp3) is 0.304. The molecule has 1 saturated heterocycles. The van der Waals surface area contributed by atoms with E-state index in [4.69, 9.17) is 0 Å². The molecule has 30 heavy (non-hydrogen) atoms. The van der Waals surface area contributed by atoms with Gasteiger partial charge in [-0.1, -0.05) is 6.07 Å². The molecule has 0 radical (unpaired) electrons. The lowest BCUT2D eigenvalue weighted by atomic mass is 10.0. The highest BCUT2D eigenvalue weighted by Gasteiger charge is 2.19. The fourth-order valence-corrected chi connectivity index (χ4v) is 3.69. The maximum absolute atomic E-state index is 12.4. The summed E-state index contributed by atoms with van der Waals surface area (Å²) in [6.07, 6.45) is 11.6. The summed E-state index contributed by atoms with van der Waals surface area (Å²) in [5.41, 5.74) is 3.57. The Balaban J connectivity index is 1.26. The van der Waals surface area contributed by atoms with Crippen LogP contribution in [-0.4, -0.2) is 46.5 Å². The molecule has 1 aromatic carbocycles. The normalized spacial score (nSPS) is 14.5. The fourth-order valence-electron chi connectivity index (χ4n) is 3.69. The number of anilines is 2. The number of benzene rings is 1. The third kappa shape index (κ3) is 5.39. The molecule has 0 saturated carbocycles. The van der Waals surface area contributed by atoms with Gasteiger partial charge in [0.05, 0.1) is 5.69 Å². The topological polar surface area (TPSA) is 83.0 Å². The first-order valence-corrected chi connectivity index (χ1v) is 10.3. The highest BCUT2D eigenvalue weighted by atomic mass is 16.1. The molecule has 3 heterocycles. The number of amides is 1. The summed E-state index contributed by atoms with van der Waals surface area (Å²) < 4.78 is 0. The van der Waals surface area contributed by atoms with E-state index in [0.29, 0.717) is 11.6 Å². The van der Waals surface area contributed by atoms with Gasteiger partial charge < -0.3 is 15.5 Å². The van der Waals surface area contributed by atoms with E-state index in [2.05, 4.69) is 36.6 Å². The second-order valence-electron chi connectivity index (χ2n) is 7.40. The van der Waals surface area contributed by atoms with Crippen molar-refractivity contribution in [2.75, 3.05) is 29.9 Å². The molecule has 3 aromatic rings. The van der Waals surface area contributed by atoms with Gasteiger partial charge in [-0.2, -0.15) is 0 Å². The summed E-state index contributed by atoms with van der Waals surface area (Å²) >= 11 is 0. The van der Waals surface area contributed by atoms with Crippen molar-refractivity contribution in [3.8, 4) is 0 Å². The van der Waals surface area contributed by atoms with Crippen molar-refractivity contribution in [2.24, 2.45) is 0 Å². The number of hydrogen-bond donors (Lipinski definition) is 2. The van der Waals surface area contributed by atoms with Crippen molar-refractivity contribution in [1.82, 2.24) is 20.3 Å². The van der Waals surface area contributed by atoms with Crippen LogP contribution in [0, 0.1) is 0 Å². The standard InChI is InChI=1S/C23H26N6O/c30-23(18-4-9-24-10-5-18)28-20-2-1-3-22(16-20)29-14-7-19(8-15-29)26-11-6-21-17-25-12-13-27-21/h1-5,9-10,12-13,16-17,19,26H,6-8,11,14-15H2,(H,28,30). The zero-order valence-electron chi connectivity index (χ0n) is 16.9. The molecule has 4 rings (SSSR count). The number of hydrogen-bond acceptors (Lipinski definition) is 6. The summed E-state index contributed by atoms with van der Waals surface area (Å²) in [5, 5.41) is 6.61. The zero-order chi connectivity index (χ0) is 20.6. The minimum Gasteiger partial charge on any atom is -0.371 e. The molecule has 0 atom stereocenters. The molecule has 1 aliphatic rings. The summed E-state index contributed by atoms with van der Waals surface area (Å²) in [5.74, 6) is -0.124. The van der Waals surface area contributed by atoms with Crippen LogP contribution in [0.25, 0.3) is 0 Å². The van der Waals surface area contributed by atoms with Crippen LogP contribution in [-0.2, 0) is 6.42 Å². The molecule has 0 spiro atoms. The summed E-state index contributed by atoms with van der Waals surface area (Å²) in [4.78, 5) is 27.1. The van der Waals surface area contributed by atoms with Crippen molar-refractivity contribution >= 4 is 17.3 Å². The lowest BCUT2D eigenvalue weighted by molar-refractivity contribution is 0.102. The van der Waals surface area contributed by atoms with Crippen LogP contribution in [0.3, 0.4) is 0 Å². The first-order valence-electron chi connectivity index (χ1n) is 10.3. The van der Waals surface area contributed by atoms with Crippen molar-refractivity contribution in [3.63, 3.8) is 0 Å². The number of aromatic nitrogens is 3. The minimum atomic E-state index is -0.124. The maximum Gasteiger partial charge on any atom is 0.255 e. The van der Waals surface area contributed by atoms with Gasteiger partial charge in [-0.3, -0.25) is 19.7 Å². The van der Waals surface area contributed by atoms with Crippen LogP contribution in [0.5, 0.6) is 0 Å². The first kappa shape index (κ1) is 20.0. The van der Waals surface area contributed by atoms with Crippen LogP contribution in [0.15, 0.2) is 67.4 Å². The molecule has 0 aliphatic carbocycles. The van der Waals surface area contributed by atoms with Crippen LogP contribution >= 0.6 is 0 Å². The number of carbonyl (C=O) groups excluding carboxylic acids is 1. The molecule has 2 aromatic heterocycles. The van der Waals surface area contributed by atoms with E-state index in [-0.39, 0.29) is 5.91 Å². The predicted molar refractivity (Wildman–Crippen MR) is 118 cm³/mol. The summed E-state index contributed by atoms with van der Waals surface area (Å²) in [6.45, 7) is 2.90. The smallest absolute Gasteiger partial charge is 0.255 e. The van der Waals surface area contributed by atoms with E-state index in [1.807, 2.05) is 24.4 Å². The Morgan fingerprint density at radius 1 is 1.03 bits per heavy atom. The first-order chi connectivity index (χ1) is 14.8. The number of nitrogens with zero attached hydrogens (tertiary/aromatic N) is 4. The van der Waals surface area contributed by atoms with E-state index in [1.54, 1.807) is 36.9 Å². The summed E-state index contributed by atoms with van der Waals surface area (Å²) in [7, 11) is 0. The molecule has 1 aliphatic heterocycles. The monoisotopic (exact) mass is 402 g/mol. The van der Waals surface area contributed by atoms with E-state index < -0.39 is 0 Å². The quantitative estimate of drug-likeness (QED) is 0.632. The minimum absolute atomic E-state index is 0.124. The van der Waals surface area contributed by atoms with Gasteiger partial charge >= 0.3 is 0 Å². The van der Waals surface area contributed by atoms with Crippen molar-refractivity contribution in [3.05, 3.63) is 78.6 Å². The lowest BCUT2D eigenvalue weighted by Crippen LogP contribution is -2.43. The Hall–Kier alpha value is -3.32. The van der Waals surface area contributed by atoms with Crippen molar-refractivity contribution in [1.29, 1.82) is 0 Å². The Morgan fingerprint density at radius 2 is 1.87 bits per heavy atom. The van der Waals surface area contributed by atoms with Gasteiger partial charge in [0.25, 0.3) is 5.91 Å². The Labute approximate surface area is 176 Å². The van der Waals surface area contributed by atoms with Gasteiger partial charge in [-0.15, -0.1) is 0 Å². The predicted octanol–water partition coefficient (Wildman–Crippen LogP) is 2.93. The highest BCUT2D eigenvalue weighted by molar-refractivity contribution is 6.04. The highest BCUT2D eigenvalue weighted by Crippen LogP contribution is 2.23. The average molecular weight is 403 g/mol. The van der Waals surface area contributed by atoms with E-state index in [9.17, 15) is 4.79 Å². The Kier molecular flexibility index (Phi) is 6.61. The molecule has 7 nitrogen and oxygen atoms in total. The van der Waals surface area contributed by atoms with Gasteiger partial charge in [0.1, 0.15) is 0 Å². The summed E-state index contributed by atoms with van der Waals surface area (Å²) in [6, 6.07) is 12.0. The third-order valence-electron chi connectivity index (χ3n) is 5.34. The average Bonchev–Trinajstić information content (AvgIpc) is 2.81. The van der Waals surface area contributed by atoms with Crippen molar-refractivity contribution < 1.29 is 4.79 Å². The number of rotatable bonds is 7. The van der Waals surface area contributed by atoms with Crippen molar-refractivity contribution in [2.45, 2.75) is 25.3 Å². The molecular weight excluding hydrogens is 376 g/mol. The maximum atomic E-state index is 12.4. The largest absolute Gasteiger partial charge is 0.371 e. The molecule has 154 valence electrons. The van der Waals surface area contributed by atoms with Crippen LogP contribution in [0.2, 0.25) is 0 Å². The third-order valence-corrected chi connectivity index (χ3v) is 5.34. The molecule has 0 bridgehead atoms. The second-order valence-corrected chi connectivity index (χ2v) is 7.40.